The third kappa shape index (κ3) is 3.01. The summed E-state index contributed by atoms with van der Waals surface area (Å²) < 4.78 is 1.11. The molecule has 3 aromatic rings. The van der Waals surface area contributed by atoms with Gasteiger partial charge in [0.2, 0.25) is 0 Å². The van der Waals surface area contributed by atoms with E-state index in [9.17, 15) is 0 Å². The number of hydrogen-bond acceptors (Lipinski definition) is 4. The number of hydrogen-bond donors (Lipinski definition) is 1. The van der Waals surface area contributed by atoms with E-state index in [4.69, 9.17) is 4.99 Å². The molecule has 0 bridgehead atoms. The Morgan fingerprint density at radius 3 is 2.42 bits per heavy atom. The van der Waals surface area contributed by atoms with Crippen LogP contribution in [0.15, 0.2) is 47.5 Å². The van der Waals surface area contributed by atoms with Crippen LogP contribution in [-0.2, 0) is 5.54 Å². The van der Waals surface area contributed by atoms with Crippen LogP contribution in [0.2, 0.25) is 0 Å². The molecular weight excluding hydrogens is 356 g/mol. The van der Waals surface area contributed by atoms with Gasteiger partial charge in [0, 0.05) is 16.8 Å². The third-order valence-electron chi connectivity index (χ3n) is 4.89. The summed E-state index contributed by atoms with van der Waals surface area (Å²) in [5, 5.41) is 3.71. The van der Waals surface area contributed by atoms with Gasteiger partial charge in [0.05, 0.1) is 16.1 Å². The first-order chi connectivity index (χ1) is 12.3. The van der Waals surface area contributed by atoms with Crippen molar-refractivity contribution in [1.82, 2.24) is 0 Å². The summed E-state index contributed by atoms with van der Waals surface area (Å²) >= 11 is 0. The standard InChI is InChI=1S/C22H24N2S2/c1-13(2)15-7-9-16(10-8-15)23-21-19-17-11-6-14(3)12-18(17)24-22(4,5)20(19)25-26-21/h6-13,24H,1-5H3. The molecule has 1 N–H and O–H groups in total. The molecule has 1 aromatic heterocycles. The molecule has 0 fully saturated rings. The topological polar surface area (TPSA) is 24.4 Å². The summed E-state index contributed by atoms with van der Waals surface area (Å²) in [4.78, 5) is 6.37. The molecular formula is C22H24N2S2. The van der Waals surface area contributed by atoms with Crippen LogP contribution < -0.4 is 9.99 Å². The number of benzene rings is 2. The molecule has 1 aliphatic rings. The van der Waals surface area contributed by atoms with E-state index in [1.807, 2.05) is 10.3 Å². The summed E-state index contributed by atoms with van der Waals surface area (Å²) in [6, 6.07) is 15.3. The highest BCUT2D eigenvalue weighted by atomic mass is 32.9. The number of fused-ring (bicyclic) bond motifs is 3. The first-order valence-corrected chi connectivity index (χ1v) is 11.2. The minimum absolute atomic E-state index is 0.0768. The summed E-state index contributed by atoms with van der Waals surface area (Å²) in [7, 11) is 3.62. The van der Waals surface area contributed by atoms with Gasteiger partial charge in [-0.05, 0) is 56.0 Å². The summed E-state index contributed by atoms with van der Waals surface area (Å²) in [5.41, 5.74) is 7.35. The van der Waals surface area contributed by atoms with E-state index in [0.29, 0.717) is 5.92 Å². The molecule has 0 saturated heterocycles. The van der Waals surface area contributed by atoms with E-state index in [1.165, 1.54) is 32.8 Å². The maximum Gasteiger partial charge on any atom is 0.135 e. The Morgan fingerprint density at radius 1 is 1.00 bits per heavy atom. The minimum atomic E-state index is -0.0768. The molecule has 0 aliphatic carbocycles. The lowest BCUT2D eigenvalue weighted by molar-refractivity contribution is 0.619. The van der Waals surface area contributed by atoms with Gasteiger partial charge in [-0.2, -0.15) is 0 Å². The molecule has 0 saturated carbocycles. The molecule has 0 atom stereocenters. The first-order valence-electron chi connectivity index (χ1n) is 9.02. The Labute approximate surface area is 162 Å². The van der Waals surface area contributed by atoms with Crippen LogP contribution in [0, 0.1) is 6.92 Å². The molecule has 134 valence electrons. The smallest absolute Gasteiger partial charge is 0.135 e. The second-order valence-electron chi connectivity index (χ2n) is 7.83. The fraction of sp³-hybridized carbons (Fsp3) is 0.318. The van der Waals surface area contributed by atoms with Gasteiger partial charge in [-0.25, -0.2) is 4.99 Å². The number of aryl methyl sites for hydroxylation is 1. The Hall–Kier alpha value is -1.91. The van der Waals surface area contributed by atoms with Crippen LogP contribution in [0.1, 0.15) is 49.6 Å². The van der Waals surface area contributed by atoms with Gasteiger partial charge in [-0.3, -0.25) is 0 Å². The molecule has 1 aliphatic heterocycles. The van der Waals surface area contributed by atoms with Gasteiger partial charge >= 0.3 is 0 Å². The fourth-order valence-electron chi connectivity index (χ4n) is 3.41. The molecule has 2 heterocycles. The lowest BCUT2D eigenvalue weighted by Gasteiger charge is -2.33. The summed E-state index contributed by atoms with van der Waals surface area (Å²) in [5.74, 6) is 0.544. The average Bonchev–Trinajstić information content (AvgIpc) is 3.00. The van der Waals surface area contributed by atoms with E-state index in [0.717, 1.165) is 10.4 Å². The highest BCUT2D eigenvalue weighted by Gasteiger charge is 2.33. The second-order valence-corrected chi connectivity index (χ2v) is 9.96. The lowest BCUT2D eigenvalue weighted by atomic mass is 9.89. The van der Waals surface area contributed by atoms with Crippen LogP contribution in [0.4, 0.5) is 11.4 Å². The highest BCUT2D eigenvalue weighted by Crippen LogP contribution is 2.45. The van der Waals surface area contributed by atoms with Crippen molar-refractivity contribution in [2.45, 2.75) is 46.1 Å². The maximum absolute atomic E-state index is 5.00. The Bertz CT molecular complexity index is 1020. The van der Waals surface area contributed by atoms with Crippen molar-refractivity contribution in [1.29, 1.82) is 0 Å². The molecule has 0 radical (unpaired) electrons. The van der Waals surface area contributed by atoms with Gasteiger partial charge in [-0.1, -0.05) is 58.8 Å². The number of nitrogens with one attached hydrogen (secondary N) is 1. The number of nitrogens with zero attached hydrogens (tertiary/aromatic N) is 1. The molecule has 4 rings (SSSR count). The van der Waals surface area contributed by atoms with Crippen LogP contribution in [0.5, 0.6) is 0 Å². The number of rotatable bonds is 2. The van der Waals surface area contributed by atoms with Gasteiger partial charge in [-0.15, -0.1) is 0 Å². The van der Waals surface area contributed by atoms with E-state index in [1.54, 1.807) is 10.3 Å². The van der Waals surface area contributed by atoms with Crippen molar-refractivity contribution in [2.24, 2.45) is 4.99 Å². The SMILES string of the molecule is Cc1ccc2c(c1)NC(C)(C)c1ssc(=Nc3ccc(C(C)C)cc3)c1-2. The van der Waals surface area contributed by atoms with Crippen molar-refractivity contribution in [3.63, 3.8) is 0 Å². The van der Waals surface area contributed by atoms with Gasteiger partial charge in [0.15, 0.2) is 0 Å². The van der Waals surface area contributed by atoms with Crippen LogP contribution >= 0.6 is 20.7 Å². The van der Waals surface area contributed by atoms with Crippen LogP contribution in [0.25, 0.3) is 11.1 Å². The molecule has 0 unspecified atom stereocenters. The first kappa shape index (κ1) is 17.5. The number of anilines is 1. The normalized spacial score (nSPS) is 15.5. The Balaban J connectivity index is 1.88. The predicted octanol–water partition coefficient (Wildman–Crippen LogP) is 6.80. The van der Waals surface area contributed by atoms with Crippen molar-refractivity contribution < 1.29 is 0 Å². The monoisotopic (exact) mass is 380 g/mol. The molecule has 2 nitrogen and oxygen atoms in total. The average molecular weight is 381 g/mol. The van der Waals surface area contributed by atoms with E-state index < -0.39 is 0 Å². The van der Waals surface area contributed by atoms with Crippen molar-refractivity contribution >= 4 is 32.1 Å². The van der Waals surface area contributed by atoms with Gasteiger partial charge < -0.3 is 5.32 Å². The molecule has 0 spiro atoms. The lowest BCUT2D eigenvalue weighted by Crippen LogP contribution is -2.31. The third-order valence-corrected chi connectivity index (χ3v) is 7.54. The maximum atomic E-state index is 5.00. The minimum Gasteiger partial charge on any atom is -0.375 e. The van der Waals surface area contributed by atoms with Crippen LogP contribution in [0.3, 0.4) is 0 Å². The van der Waals surface area contributed by atoms with Gasteiger partial charge in [0.25, 0.3) is 0 Å². The van der Waals surface area contributed by atoms with Crippen molar-refractivity contribution in [3.8, 4) is 11.1 Å². The Kier molecular flexibility index (Phi) is 4.28. The van der Waals surface area contributed by atoms with Crippen LogP contribution in [-0.4, -0.2) is 0 Å². The molecule has 2 aromatic carbocycles. The quantitative estimate of drug-likeness (QED) is 0.486. The molecule has 0 amide bonds. The van der Waals surface area contributed by atoms with Gasteiger partial charge in [0.1, 0.15) is 4.67 Å². The Morgan fingerprint density at radius 2 is 1.73 bits per heavy atom. The zero-order valence-electron chi connectivity index (χ0n) is 15.9. The zero-order chi connectivity index (χ0) is 18.5. The van der Waals surface area contributed by atoms with E-state index in [2.05, 4.69) is 82.4 Å². The zero-order valence-corrected chi connectivity index (χ0v) is 17.5. The predicted molar refractivity (Wildman–Crippen MR) is 115 cm³/mol. The van der Waals surface area contributed by atoms with E-state index >= 15 is 0 Å². The summed E-state index contributed by atoms with van der Waals surface area (Å²) in [6.07, 6.45) is 0. The van der Waals surface area contributed by atoms with Crippen molar-refractivity contribution in [3.05, 3.63) is 63.1 Å². The van der Waals surface area contributed by atoms with Crippen molar-refractivity contribution in [2.75, 3.05) is 5.32 Å². The fourth-order valence-corrected chi connectivity index (χ4v) is 6.35. The summed E-state index contributed by atoms with van der Waals surface area (Å²) in [6.45, 7) is 11.1. The largest absolute Gasteiger partial charge is 0.375 e. The molecule has 26 heavy (non-hydrogen) atoms. The highest BCUT2D eigenvalue weighted by molar-refractivity contribution is 7.68. The molecule has 4 heteroatoms. The second kappa shape index (κ2) is 6.36. The van der Waals surface area contributed by atoms with E-state index in [-0.39, 0.29) is 5.54 Å².